The number of carbonyl (C=O) groups is 2. The Kier molecular flexibility index (Phi) is 13.1. The second-order valence-corrected chi connectivity index (χ2v) is 3.11. The van der Waals surface area contributed by atoms with Gasteiger partial charge in [0.15, 0.2) is 12.2 Å². The topological polar surface area (TPSA) is 193 Å². The zero-order valence-electron chi connectivity index (χ0n) is 6.96. The summed E-state index contributed by atoms with van der Waals surface area (Å²) < 4.78 is 8.88. The first-order valence-electron chi connectivity index (χ1n) is 3.07. The number of aliphatic hydroxyl groups excluding tert-OH is 2. The van der Waals surface area contributed by atoms with Crippen LogP contribution in [0, 0.1) is 0 Å². The maximum atomic E-state index is 9.77. The van der Waals surface area contributed by atoms with Crippen LogP contribution in [0.5, 0.6) is 0 Å². The summed E-state index contributed by atoms with van der Waals surface area (Å²) in [5.74, 6) is -3.54. The predicted octanol–water partition coefficient (Wildman–Crippen LogP) is -3.70. The first-order valence-corrected chi connectivity index (χ1v) is 4.63. The van der Waals surface area contributed by atoms with Crippen molar-refractivity contribution in [1.29, 1.82) is 0 Å². The van der Waals surface area contributed by atoms with Crippen LogP contribution in [0.15, 0.2) is 0 Å². The third-order valence-corrected chi connectivity index (χ3v) is 0.805. The van der Waals surface area contributed by atoms with Crippen LogP contribution in [-0.4, -0.2) is 111 Å². The van der Waals surface area contributed by atoms with E-state index in [4.69, 9.17) is 39.7 Å². The summed E-state index contributed by atoms with van der Waals surface area (Å²) >= 11 is 0. The van der Waals surface area contributed by atoms with Crippen molar-refractivity contribution < 1.29 is 49.3 Å². The fraction of sp³-hybridized carbons (Fsp3) is 0.500. The van der Waals surface area contributed by atoms with Gasteiger partial charge in [-0.25, -0.2) is 14.2 Å². The molecule has 2 unspecified atom stereocenters. The van der Waals surface area contributed by atoms with E-state index in [-0.39, 0.29) is 51.4 Å². The zero-order chi connectivity index (χ0) is 12.8. The summed E-state index contributed by atoms with van der Waals surface area (Å²) in [5, 5.41) is 32.5. The van der Waals surface area contributed by atoms with E-state index in [9.17, 15) is 9.59 Å². The number of phosphoric acid groups is 1. The number of carboxylic acid groups (broad SMARTS) is 2. The van der Waals surface area contributed by atoms with Crippen LogP contribution >= 0.6 is 7.82 Å². The van der Waals surface area contributed by atoms with Gasteiger partial charge in [-0.15, -0.1) is 0 Å². The van der Waals surface area contributed by atoms with Gasteiger partial charge in [-0.3, -0.25) is 0 Å². The molecule has 0 bridgehead atoms. The van der Waals surface area contributed by atoms with E-state index in [0.717, 1.165) is 0 Å². The molecular formula is C4H10KO10P. The molecule has 16 heavy (non-hydrogen) atoms. The standard InChI is InChI=1S/C4H6O6.K.H3O4P.H/c5-1(3(7)8)2(6)4(9)10;;1-5(2,3)4;/h1-2,5-6H,(H,7,8)(H,9,10);;(H3,1,2,3,4);. The van der Waals surface area contributed by atoms with Crippen molar-refractivity contribution in [3.8, 4) is 0 Å². The summed E-state index contributed by atoms with van der Waals surface area (Å²) in [5.41, 5.74) is 0. The van der Waals surface area contributed by atoms with E-state index in [2.05, 4.69) is 0 Å². The van der Waals surface area contributed by atoms with Crippen LogP contribution in [0.3, 0.4) is 0 Å². The second-order valence-electron chi connectivity index (χ2n) is 2.08. The molecule has 0 aromatic rings. The number of aliphatic carboxylic acids is 2. The molecule has 10 nitrogen and oxygen atoms in total. The Bertz CT molecular complexity index is 246. The molecule has 0 aliphatic heterocycles. The molecule has 0 aromatic heterocycles. The number of aliphatic hydroxyl groups is 2. The quantitative estimate of drug-likeness (QED) is 0.201. The zero-order valence-corrected chi connectivity index (χ0v) is 7.85. The SMILES string of the molecule is O=C(O)C(O)C(O)C(=O)O.O=P(O)(O)O.[KH]. The van der Waals surface area contributed by atoms with E-state index in [1.807, 2.05) is 0 Å². The van der Waals surface area contributed by atoms with E-state index in [0.29, 0.717) is 0 Å². The van der Waals surface area contributed by atoms with E-state index in [1.165, 1.54) is 0 Å². The first kappa shape index (κ1) is 21.8. The molecule has 0 aliphatic rings. The molecule has 0 radical (unpaired) electrons. The number of rotatable bonds is 3. The average molecular weight is 288 g/mol. The molecule has 2 atom stereocenters. The van der Waals surface area contributed by atoms with Crippen LogP contribution in [0.4, 0.5) is 0 Å². The van der Waals surface area contributed by atoms with Gasteiger partial charge in [-0.1, -0.05) is 0 Å². The van der Waals surface area contributed by atoms with E-state index >= 15 is 0 Å². The van der Waals surface area contributed by atoms with Gasteiger partial charge in [0.25, 0.3) is 0 Å². The van der Waals surface area contributed by atoms with Crippen molar-refractivity contribution in [3.05, 3.63) is 0 Å². The molecule has 0 saturated carbocycles. The summed E-state index contributed by atoms with van der Waals surface area (Å²) in [6, 6.07) is 0. The Hall–Kier alpha value is 0.606. The number of hydrogen-bond donors (Lipinski definition) is 7. The number of carboxylic acids is 2. The molecule has 0 saturated heterocycles. The van der Waals surface area contributed by atoms with Gasteiger partial charge in [-0.2, -0.15) is 0 Å². The maximum absolute atomic E-state index is 9.77. The first-order chi connectivity index (χ1) is 6.46. The van der Waals surface area contributed by atoms with Crippen molar-refractivity contribution in [2.24, 2.45) is 0 Å². The molecule has 0 amide bonds. The van der Waals surface area contributed by atoms with Crippen molar-refractivity contribution in [3.63, 3.8) is 0 Å². The summed E-state index contributed by atoms with van der Waals surface area (Å²) in [7, 11) is -4.64. The Morgan fingerprint density at radius 3 is 1.06 bits per heavy atom. The van der Waals surface area contributed by atoms with Crippen molar-refractivity contribution >= 4 is 71.1 Å². The van der Waals surface area contributed by atoms with Gasteiger partial charge in [-0.05, 0) is 0 Å². The Morgan fingerprint density at radius 2 is 1.00 bits per heavy atom. The molecule has 0 spiro atoms. The Balaban J connectivity index is -0.000000242. The normalized spacial score (nSPS) is 13.6. The van der Waals surface area contributed by atoms with Crippen LogP contribution < -0.4 is 0 Å². The minimum absolute atomic E-state index is 0. The van der Waals surface area contributed by atoms with Crippen LogP contribution in [0.25, 0.3) is 0 Å². The molecule has 0 aliphatic carbocycles. The van der Waals surface area contributed by atoms with Gasteiger partial charge >= 0.3 is 71.1 Å². The molecule has 0 fully saturated rings. The van der Waals surface area contributed by atoms with Crippen molar-refractivity contribution in [1.82, 2.24) is 0 Å². The third-order valence-electron chi connectivity index (χ3n) is 0.805. The summed E-state index contributed by atoms with van der Waals surface area (Å²) in [4.78, 5) is 41.1. The molecule has 0 aromatic carbocycles. The molecule has 7 N–H and O–H groups in total. The second kappa shape index (κ2) is 9.62. The van der Waals surface area contributed by atoms with E-state index < -0.39 is 32.0 Å². The summed E-state index contributed by atoms with van der Waals surface area (Å²) in [6.07, 6.45) is -4.53. The molecule has 0 rings (SSSR count). The van der Waals surface area contributed by atoms with Gasteiger partial charge in [0.2, 0.25) is 0 Å². The molecule has 12 heteroatoms. The summed E-state index contributed by atoms with van der Waals surface area (Å²) in [6.45, 7) is 0. The fourth-order valence-corrected chi connectivity index (χ4v) is 0.270. The van der Waals surface area contributed by atoms with Crippen LogP contribution in [-0.2, 0) is 14.2 Å². The van der Waals surface area contributed by atoms with Gasteiger partial charge in [0.05, 0.1) is 0 Å². The third kappa shape index (κ3) is 17.0. The van der Waals surface area contributed by atoms with Gasteiger partial charge in [0, 0.05) is 0 Å². The van der Waals surface area contributed by atoms with Crippen molar-refractivity contribution in [2.45, 2.75) is 12.2 Å². The fourth-order valence-electron chi connectivity index (χ4n) is 0.270. The Labute approximate surface area is 131 Å². The van der Waals surface area contributed by atoms with E-state index in [1.54, 1.807) is 0 Å². The van der Waals surface area contributed by atoms with Gasteiger partial charge < -0.3 is 35.1 Å². The molecule has 92 valence electrons. The van der Waals surface area contributed by atoms with Crippen LogP contribution in [0.1, 0.15) is 0 Å². The van der Waals surface area contributed by atoms with Gasteiger partial charge in [0.1, 0.15) is 0 Å². The molecule has 0 heterocycles. The Morgan fingerprint density at radius 1 is 0.875 bits per heavy atom. The average Bonchev–Trinajstić information content (AvgIpc) is 1.98. The van der Waals surface area contributed by atoms with Crippen LogP contribution in [0.2, 0.25) is 0 Å². The monoisotopic (exact) mass is 288 g/mol. The number of hydrogen-bond acceptors (Lipinski definition) is 5. The minimum atomic E-state index is -4.64. The predicted molar refractivity (Wildman–Crippen MR) is 48.7 cm³/mol. The molecular weight excluding hydrogens is 278 g/mol. The van der Waals surface area contributed by atoms with Crippen molar-refractivity contribution in [2.75, 3.05) is 0 Å².